The van der Waals surface area contributed by atoms with Crippen LogP contribution in [0.2, 0.25) is 0 Å². The van der Waals surface area contributed by atoms with E-state index in [1.807, 2.05) is 24.3 Å². The van der Waals surface area contributed by atoms with Gasteiger partial charge in [0, 0.05) is 48.6 Å². The molecule has 1 amide bonds. The largest absolute Gasteiger partial charge is 0.372 e. The van der Waals surface area contributed by atoms with Crippen molar-refractivity contribution in [2.75, 3.05) is 24.5 Å². The monoisotopic (exact) mass is 363 g/mol. The Kier molecular flexibility index (Phi) is 6.17. The third kappa shape index (κ3) is 4.33. The highest BCUT2D eigenvalue weighted by atomic mass is 16.1. The van der Waals surface area contributed by atoms with Crippen LogP contribution in [0.4, 0.5) is 5.69 Å². The Bertz CT molecular complexity index is 892. The van der Waals surface area contributed by atoms with Crippen molar-refractivity contribution in [3.05, 3.63) is 65.9 Å². The molecule has 0 spiro atoms. The molecule has 4 nitrogen and oxygen atoms in total. The fourth-order valence-corrected chi connectivity index (χ4v) is 3.60. The molecule has 0 saturated carbocycles. The van der Waals surface area contributed by atoms with Gasteiger partial charge in [-0.2, -0.15) is 0 Å². The Balaban J connectivity index is 1.53. The number of hydrogen-bond donors (Lipinski definition) is 1. The van der Waals surface area contributed by atoms with Crippen LogP contribution in [-0.4, -0.2) is 30.1 Å². The summed E-state index contributed by atoms with van der Waals surface area (Å²) in [5, 5.41) is 4.31. The summed E-state index contributed by atoms with van der Waals surface area (Å²) < 4.78 is 2.32. The molecule has 0 unspecified atom stereocenters. The van der Waals surface area contributed by atoms with E-state index in [1.165, 1.54) is 16.6 Å². The number of carbonyl (C=O) groups excluding carboxylic acids is 1. The molecular formula is C23H29N3O. The van der Waals surface area contributed by atoms with Gasteiger partial charge in [-0.1, -0.05) is 18.2 Å². The molecule has 0 radical (unpaired) electrons. The number of carbonyl (C=O) groups is 1. The number of nitrogens with zero attached hydrogens (tertiary/aromatic N) is 2. The molecule has 1 N–H and O–H groups in total. The van der Waals surface area contributed by atoms with Crippen LogP contribution in [0.15, 0.2) is 54.6 Å². The van der Waals surface area contributed by atoms with Gasteiger partial charge in [0.15, 0.2) is 0 Å². The Labute approximate surface area is 161 Å². The van der Waals surface area contributed by atoms with Gasteiger partial charge in [0.05, 0.1) is 0 Å². The van der Waals surface area contributed by atoms with Gasteiger partial charge in [-0.3, -0.25) is 4.79 Å². The van der Waals surface area contributed by atoms with Gasteiger partial charge in [0.1, 0.15) is 0 Å². The van der Waals surface area contributed by atoms with Crippen LogP contribution in [-0.2, 0) is 6.54 Å². The lowest BCUT2D eigenvalue weighted by molar-refractivity contribution is 0.0953. The molecule has 2 aromatic carbocycles. The molecular weight excluding hydrogens is 334 g/mol. The van der Waals surface area contributed by atoms with E-state index in [2.05, 4.69) is 65.9 Å². The van der Waals surface area contributed by atoms with Crippen molar-refractivity contribution in [2.45, 2.75) is 33.7 Å². The van der Waals surface area contributed by atoms with Gasteiger partial charge >= 0.3 is 0 Å². The molecule has 0 aliphatic heterocycles. The Morgan fingerprint density at radius 3 is 2.44 bits per heavy atom. The van der Waals surface area contributed by atoms with Crippen LogP contribution in [0.25, 0.3) is 10.9 Å². The van der Waals surface area contributed by atoms with Crippen molar-refractivity contribution in [3.8, 4) is 0 Å². The van der Waals surface area contributed by atoms with E-state index in [1.54, 1.807) is 0 Å². The number of aryl methyl sites for hydroxylation is 2. The molecule has 3 aromatic rings. The summed E-state index contributed by atoms with van der Waals surface area (Å²) in [5.41, 5.74) is 4.39. The number of para-hydroxylation sites is 1. The van der Waals surface area contributed by atoms with Gasteiger partial charge in [-0.05, 0) is 69.0 Å². The van der Waals surface area contributed by atoms with E-state index in [4.69, 9.17) is 0 Å². The summed E-state index contributed by atoms with van der Waals surface area (Å²) in [5.74, 6) is -0.00446. The lowest BCUT2D eigenvalue weighted by Crippen LogP contribution is -2.26. The van der Waals surface area contributed by atoms with E-state index in [9.17, 15) is 4.79 Å². The maximum atomic E-state index is 12.4. The zero-order valence-corrected chi connectivity index (χ0v) is 16.5. The minimum atomic E-state index is -0.00446. The summed E-state index contributed by atoms with van der Waals surface area (Å²) in [6.07, 6.45) is 0.906. The highest BCUT2D eigenvalue weighted by molar-refractivity contribution is 5.94. The molecule has 0 fully saturated rings. The smallest absolute Gasteiger partial charge is 0.251 e. The van der Waals surface area contributed by atoms with Crippen LogP contribution in [0.3, 0.4) is 0 Å². The maximum absolute atomic E-state index is 12.4. The minimum absolute atomic E-state index is 0.00446. The maximum Gasteiger partial charge on any atom is 0.251 e. The number of fused-ring (bicyclic) bond motifs is 1. The first-order chi connectivity index (χ1) is 13.1. The van der Waals surface area contributed by atoms with Gasteiger partial charge in [0.2, 0.25) is 0 Å². The first kappa shape index (κ1) is 19.0. The summed E-state index contributed by atoms with van der Waals surface area (Å²) in [6, 6.07) is 18.5. The molecule has 0 aliphatic rings. The predicted octanol–water partition coefficient (Wildman–Crippen LogP) is 4.62. The quantitative estimate of drug-likeness (QED) is 0.593. The number of amides is 1. The zero-order valence-electron chi connectivity index (χ0n) is 16.5. The van der Waals surface area contributed by atoms with Crippen molar-refractivity contribution >= 4 is 22.5 Å². The topological polar surface area (TPSA) is 37.3 Å². The molecule has 142 valence electrons. The fraction of sp³-hybridized carbons (Fsp3) is 0.348. The fourth-order valence-electron chi connectivity index (χ4n) is 3.60. The van der Waals surface area contributed by atoms with E-state index in [0.717, 1.165) is 31.7 Å². The highest BCUT2D eigenvalue weighted by Crippen LogP contribution is 2.19. The summed E-state index contributed by atoms with van der Waals surface area (Å²) in [6.45, 7) is 9.92. The van der Waals surface area contributed by atoms with Crippen LogP contribution in [0, 0.1) is 6.92 Å². The summed E-state index contributed by atoms with van der Waals surface area (Å²) >= 11 is 0. The SMILES string of the molecule is CCN(CC)c1ccc(C(=O)NCCCn2c(C)cc3ccccc32)cc1. The van der Waals surface area contributed by atoms with Gasteiger partial charge in [0.25, 0.3) is 5.91 Å². The first-order valence-electron chi connectivity index (χ1n) is 9.82. The predicted molar refractivity (Wildman–Crippen MR) is 114 cm³/mol. The zero-order chi connectivity index (χ0) is 19.2. The van der Waals surface area contributed by atoms with E-state index < -0.39 is 0 Å². The number of hydrogen-bond acceptors (Lipinski definition) is 2. The molecule has 0 atom stereocenters. The number of aromatic nitrogens is 1. The summed E-state index contributed by atoms with van der Waals surface area (Å²) in [4.78, 5) is 14.6. The molecule has 0 bridgehead atoms. The van der Waals surface area contributed by atoms with Crippen LogP contribution in [0.5, 0.6) is 0 Å². The Morgan fingerprint density at radius 2 is 1.74 bits per heavy atom. The van der Waals surface area contributed by atoms with Crippen molar-refractivity contribution in [3.63, 3.8) is 0 Å². The first-order valence-corrected chi connectivity index (χ1v) is 9.82. The summed E-state index contributed by atoms with van der Waals surface area (Å²) in [7, 11) is 0. The van der Waals surface area contributed by atoms with Gasteiger partial charge in [-0.15, -0.1) is 0 Å². The van der Waals surface area contributed by atoms with E-state index in [-0.39, 0.29) is 5.91 Å². The van der Waals surface area contributed by atoms with Crippen LogP contribution >= 0.6 is 0 Å². The average Bonchev–Trinajstić information content (AvgIpc) is 3.01. The second kappa shape index (κ2) is 8.76. The molecule has 0 aliphatic carbocycles. The van der Waals surface area contributed by atoms with Gasteiger partial charge < -0.3 is 14.8 Å². The van der Waals surface area contributed by atoms with Gasteiger partial charge in [-0.25, -0.2) is 0 Å². The molecule has 1 aromatic heterocycles. The molecule has 27 heavy (non-hydrogen) atoms. The number of benzene rings is 2. The second-order valence-corrected chi connectivity index (χ2v) is 6.82. The van der Waals surface area contributed by atoms with Crippen molar-refractivity contribution < 1.29 is 4.79 Å². The molecule has 4 heteroatoms. The average molecular weight is 364 g/mol. The van der Waals surface area contributed by atoms with Crippen molar-refractivity contribution in [1.29, 1.82) is 0 Å². The normalized spacial score (nSPS) is 10.9. The van der Waals surface area contributed by atoms with E-state index >= 15 is 0 Å². The van der Waals surface area contributed by atoms with E-state index in [0.29, 0.717) is 12.1 Å². The molecule has 0 saturated heterocycles. The highest BCUT2D eigenvalue weighted by Gasteiger charge is 2.08. The minimum Gasteiger partial charge on any atom is -0.372 e. The lowest BCUT2D eigenvalue weighted by atomic mass is 10.2. The lowest BCUT2D eigenvalue weighted by Gasteiger charge is -2.21. The van der Waals surface area contributed by atoms with Crippen molar-refractivity contribution in [1.82, 2.24) is 9.88 Å². The van der Waals surface area contributed by atoms with Crippen molar-refractivity contribution in [2.24, 2.45) is 0 Å². The van der Waals surface area contributed by atoms with Crippen LogP contribution < -0.4 is 10.2 Å². The Morgan fingerprint density at radius 1 is 1.04 bits per heavy atom. The standard InChI is InChI=1S/C23H29N3O/c1-4-25(5-2)21-13-11-19(12-14-21)23(27)24-15-8-16-26-18(3)17-20-9-6-7-10-22(20)26/h6-7,9-14,17H,4-5,8,15-16H2,1-3H3,(H,24,27). The number of anilines is 1. The molecule has 3 rings (SSSR count). The second-order valence-electron chi connectivity index (χ2n) is 6.82. The Hall–Kier alpha value is -2.75. The third-order valence-corrected chi connectivity index (χ3v) is 5.12. The van der Waals surface area contributed by atoms with Crippen LogP contribution in [0.1, 0.15) is 36.3 Å². The number of nitrogens with one attached hydrogen (secondary N) is 1. The molecule has 1 heterocycles. The number of rotatable bonds is 8. The third-order valence-electron chi connectivity index (χ3n) is 5.12.